The molecule has 0 aliphatic carbocycles. The van der Waals surface area contributed by atoms with Crippen LogP contribution in [0.15, 0.2) is 39.8 Å². The van der Waals surface area contributed by atoms with Crippen LogP contribution in [-0.4, -0.2) is 13.4 Å². The summed E-state index contributed by atoms with van der Waals surface area (Å²) in [5.74, 6) is -0.601. The van der Waals surface area contributed by atoms with E-state index in [0.29, 0.717) is 5.56 Å². The average Bonchev–Trinajstić information content (AvgIpc) is 2.42. The van der Waals surface area contributed by atoms with Gasteiger partial charge in [0.05, 0.1) is 10.5 Å². The molecule has 2 rings (SSSR count). The Morgan fingerprint density at radius 3 is 2.71 bits per heavy atom. The second-order valence-electron chi connectivity index (χ2n) is 4.18. The summed E-state index contributed by atoms with van der Waals surface area (Å²) in [6, 6.07) is 6.31. The quantitative estimate of drug-likeness (QED) is 0.901. The molecule has 108 valence electrons. The molecule has 0 aliphatic rings. The van der Waals surface area contributed by atoms with Crippen LogP contribution < -0.4 is 4.72 Å². The first-order chi connectivity index (χ1) is 9.83. The number of halogens is 2. The first-order valence-electron chi connectivity index (χ1n) is 5.68. The molecule has 0 fully saturated rings. The van der Waals surface area contributed by atoms with Gasteiger partial charge in [0.15, 0.2) is 0 Å². The van der Waals surface area contributed by atoms with Gasteiger partial charge in [-0.15, -0.1) is 0 Å². The topological polar surface area (TPSA) is 82.8 Å². The van der Waals surface area contributed by atoms with Crippen molar-refractivity contribution in [2.75, 3.05) is 4.72 Å². The SMILES string of the molecule is Cc1cc(Br)cnc1NS(=O)(=O)c1ccc(F)c(C#N)c1. The number of hydrogen-bond acceptors (Lipinski definition) is 4. The van der Waals surface area contributed by atoms with Gasteiger partial charge in [-0.3, -0.25) is 4.72 Å². The Balaban J connectivity index is 2.41. The summed E-state index contributed by atoms with van der Waals surface area (Å²) >= 11 is 3.23. The summed E-state index contributed by atoms with van der Waals surface area (Å²) in [6.45, 7) is 1.70. The third kappa shape index (κ3) is 3.37. The van der Waals surface area contributed by atoms with E-state index in [4.69, 9.17) is 5.26 Å². The summed E-state index contributed by atoms with van der Waals surface area (Å²) in [5, 5.41) is 8.75. The number of rotatable bonds is 3. The first-order valence-corrected chi connectivity index (χ1v) is 7.96. The highest BCUT2D eigenvalue weighted by Gasteiger charge is 2.18. The number of nitriles is 1. The molecule has 1 aromatic carbocycles. The Hall–Kier alpha value is -1.98. The highest BCUT2D eigenvalue weighted by atomic mass is 79.9. The molecule has 0 saturated carbocycles. The molecule has 0 amide bonds. The molecule has 0 saturated heterocycles. The van der Waals surface area contributed by atoms with Gasteiger partial charge in [-0.05, 0) is 52.7 Å². The smallest absolute Gasteiger partial charge is 0.263 e. The molecule has 1 N–H and O–H groups in total. The van der Waals surface area contributed by atoms with Crippen molar-refractivity contribution in [2.24, 2.45) is 0 Å². The van der Waals surface area contributed by atoms with Gasteiger partial charge < -0.3 is 0 Å². The molecule has 1 aromatic heterocycles. The van der Waals surface area contributed by atoms with Crippen molar-refractivity contribution >= 4 is 31.8 Å². The van der Waals surface area contributed by atoms with Crippen LogP contribution in [0.5, 0.6) is 0 Å². The molecule has 2 aromatic rings. The standard InChI is InChI=1S/C13H9BrFN3O2S/c1-8-4-10(14)7-17-13(8)18-21(19,20)11-2-3-12(15)9(5-11)6-16/h2-5,7H,1H3,(H,17,18). The van der Waals surface area contributed by atoms with E-state index < -0.39 is 15.8 Å². The number of hydrogen-bond donors (Lipinski definition) is 1. The largest absolute Gasteiger partial charge is 0.263 e. The van der Waals surface area contributed by atoms with Crippen LogP contribution in [0.3, 0.4) is 0 Å². The predicted octanol–water partition coefficient (Wildman–Crippen LogP) is 2.96. The van der Waals surface area contributed by atoms with Crippen molar-refractivity contribution in [3.05, 3.63) is 51.9 Å². The van der Waals surface area contributed by atoms with E-state index in [0.717, 1.165) is 22.7 Å². The zero-order valence-electron chi connectivity index (χ0n) is 10.8. The Morgan fingerprint density at radius 2 is 2.10 bits per heavy atom. The highest BCUT2D eigenvalue weighted by Crippen LogP contribution is 2.21. The van der Waals surface area contributed by atoms with Crippen molar-refractivity contribution in [1.29, 1.82) is 5.26 Å². The van der Waals surface area contributed by atoms with Crippen molar-refractivity contribution in [1.82, 2.24) is 4.98 Å². The van der Waals surface area contributed by atoms with Gasteiger partial charge in [0.1, 0.15) is 17.7 Å². The third-order valence-electron chi connectivity index (χ3n) is 2.64. The number of nitrogens with one attached hydrogen (secondary N) is 1. The molecule has 1 heterocycles. The molecule has 0 bridgehead atoms. The van der Waals surface area contributed by atoms with Gasteiger partial charge in [-0.25, -0.2) is 17.8 Å². The van der Waals surface area contributed by atoms with Crippen molar-refractivity contribution in [3.63, 3.8) is 0 Å². The van der Waals surface area contributed by atoms with E-state index >= 15 is 0 Å². The van der Waals surface area contributed by atoms with Gasteiger partial charge in [-0.1, -0.05) is 0 Å². The van der Waals surface area contributed by atoms with Gasteiger partial charge in [0.2, 0.25) is 0 Å². The van der Waals surface area contributed by atoms with E-state index in [-0.39, 0.29) is 16.3 Å². The van der Waals surface area contributed by atoms with Crippen molar-refractivity contribution in [3.8, 4) is 6.07 Å². The lowest BCUT2D eigenvalue weighted by Crippen LogP contribution is -2.15. The molecular weight excluding hydrogens is 361 g/mol. The number of benzene rings is 1. The first kappa shape index (κ1) is 15.4. The van der Waals surface area contributed by atoms with Crippen LogP contribution in [0.1, 0.15) is 11.1 Å². The molecule has 0 atom stereocenters. The maximum absolute atomic E-state index is 13.2. The Bertz CT molecular complexity index is 847. The lowest BCUT2D eigenvalue weighted by Gasteiger charge is -2.10. The van der Waals surface area contributed by atoms with E-state index in [1.54, 1.807) is 19.1 Å². The summed E-state index contributed by atoms with van der Waals surface area (Å²) in [7, 11) is -3.94. The van der Waals surface area contributed by atoms with E-state index in [1.165, 1.54) is 6.20 Å². The van der Waals surface area contributed by atoms with E-state index in [9.17, 15) is 12.8 Å². The van der Waals surface area contributed by atoms with Crippen molar-refractivity contribution in [2.45, 2.75) is 11.8 Å². The summed E-state index contributed by atoms with van der Waals surface area (Å²) in [5.41, 5.74) is 0.286. The fraction of sp³-hybridized carbons (Fsp3) is 0.0769. The van der Waals surface area contributed by atoms with Crippen LogP contribution in [0.25, 0.3) is 0 Å². The number of nitrogens with zero attached hydrogens (tertiary/aromatic N) is 2. The van der Waals surface area contributed by atoms with Crippen LogP contribution >= 0.6 is 15.9 Å². The number of aryl methyl sites for hydroxylation is 1. The minimum Gasteiger partial charge on any atom is -0.263 e. The molecular formula is C13H9BrFN3O2S. The Labute approximate surface area is 129 Å². The van der Waals surface area contributed by atoms with Gasteiger partial charge >= 0.3 is 0 Å². The van der Waals surface area contributed by atoms with Gasteiger partial charge in [0, 0.05) is 10.7 Å². The molecule has 5 nitrogen and oxygen atoms in total. The molecule has 0 spiro atoms. The number of aromatic nitrogens is 1. The molecule has 0 aliphatic heterocycles. The number of sulfonamides is 1. The van der Waals surface area contributed by atoms with Crippen molar-refractivity contribution < 1.29 is 12.8 Å². The molecule has 21 heavy (non-hydrogen) atoms. The normalized spacial score (nSPS) is 11.0. The predicted molar refractivity (Wildman–Crippen MR) is 78.6 cm³/mol. The van der Waals surface area contributed by atoms with Crippen LogP contribution in [-0.2, 0) is 10.0 Å². The highest BCUT2D eigenvalue weighted by molar-refractivity contribution is 9.10. The average molecular weight is 370 g/mol. The minimum atomic E-state index is -3.94. The monoisotopic (exact) mass is 369 g/mol. The maximum Gasteiger partial charge on any atom is 0.263 e. The van der Waals surface area contributed by atoms with Gasteiger partial charge in [0.25, 0.3) is 10.0 Å². The zero-order valence-corrected chi connectivity index (χ0v) is 13.2. The number of anilines is 1. The second-order valence-corrected chi connectivity index (χ2v) is 6.78. The summed E-state index contributed by atoms with van der Waals surface area (Å²) < 4.78 is 40.7. The Morgan fingerprint density at radius 1 is 1.38 bits per heavy atom. The third-order valence-corrected chi connectivity index (χ3v) is 4.41. The van der Waals surface area contributed by atoms with Gasteiger partial charge in [-0.2, -0.15) is 5.26 Å². The summed E-state index contributed by atoms with van der Waals surface area (Å²) in [6.07, 6.45) is 1.45. The fourth-order valence-electron chi connectivity index (χ4n) is 1.59. The maximum atomic E-state index is 13.2. The molecule has 0 unspecified atom stereocenters. The van der Waals surface area contributed by atoms with Crippen LogP contribution in [0, 0.1) is 24.1 Å². The number of pyridine rings is 1. The lowest BCUT2D eigenvalue weighted by molar-refractivity contribution is 0.599. The lowest BCUT2D eigenvalue weighted by atomic mass is 10.2. The summed E-state index contributed by atoms with van der Waals surface area (Å²) in [4.78, 5) is 3.77. The minimum absolute atomic E-state index is 0.168. The van der Waals surface area contributed by atoms with Crippen LogP contribution in [0.2, 0.25) is 0 Å². The molecule has 0 radical (unpaired) electrons. The second kappa shape index (κ2) is 5.79. The zero-order chi connectivity index (χ0) is 15.6. The van der Waals surface area contributed by atoms with E-state index in [1.807, 2.05) is 0 Å². The van der Waals surface area contributed by atoms with Crippen LogP contribution in [0.4, 0.5) is 10.2 Å². The molecule has 8 heteroatoms. The van der Waals surface area contributed by atoms with E-state index in [2.05, 4.69) is 25.6 Å². The fourth-order valence-corrected chi connectivity index (χ4v) is 3.14. The Kier molecular flexibility index (Phi) is 4.25.